The second-order valence-electron chi connectivity index (χ2n) is 6.06. The smallest absolute Gasteiger partial charge is 0.126 e. The first-order valence-corrected chi connectivity index (χ1v) is 8.04. The zero-order valence-corrected chi connectivity index (χ0v) is 12.6. The summed E-state index contributed by atoms with van der Waals surface area (Å²) < 4.78 is 25.0. The van der Waals surface area contributed by atoms with Gasteiger partial charge in [0.05, 0.1) is 12.7 Å². The van der Waals surface area contributed by atoms with E-state index in [4.69, 9.17) is 9.47 Å². The molecule has 0 bridgehead atoms. The third-order valence-electron chi connectivity index (χ3n) is 4.45. The van der Waals surface area contributed by atoms with Crippen LogP contribution in [0.3, 0.4) is 0 Å². The second kappa shape index (κ2) is 6.75. The van der Waals surface area contributed by atoms with Crippen molar-refractivity contribution in [3.63, 3.8) is 0 Å². The molecule has 1 N–H and O–H groups in total. The van der Waals surface area contributed by atoms with E-state index >= 15 is 0 Å². The van der Waals surface area contributed by atoms with E-state index in [0.717, 1.165) is 37.1 Å². The van der Waals surface area contributed by atoms with E-state index in [9.17, 15) is 4.39 Å². The van der Waals surface area contributed by atoms with Crippen LogP contribution in [-0.4, -0.2) is 31.4 Å². The van der Waals surface area contributed by atoms with Crippen LogP contribution in [0.25, 0.3) is 0 Å². The summed E-state index contributed by atoms with van der Waals surface area (Å²) in [5, 5.41) is 3.50. The SMILES string of the molecule is CCNC1CCC(OCC2Cc3cc(F)ccc3O2)CC1. The molecule has 1 unspecified atom stereocenters. The third kappa shape index (κ3) is 3.74. The fourth-order valence-corrected chi connectivity index (χ4v) is 3.35. The first kappa shape index (κ1) is 14.8. The van der Waals surface area contributed by atoms with Crippen LogP contribution in [0.1, 0.15) is 38.2 Å². The second-order valence-corrected chi connectivity index (χ2v) is 6.06. The standard InChI is InChI=1S/C17H24FNO2/c1-2-19-14-4-6-15(7-5-14)20-11-16-10-12-9-13(18)3-8-17(12)21-16/h3,8-9,14-16,19H,2,4-7,10-11H2,1H3. The number of hydrogen-bond donors (Lipinski definition) is 1. The van der Waals surface area contributed by atoms with E-state index in [1.54, 1.807) is 12.1 Å². The van der Waals surface area contributed by atoms with E-state index in [0.29, 0.717) is 18.8 Å². The lowest BCUT2D eigenvalue weighted by Crippen LogP contribution is -2.36. The number of fused-ring (bicyclic) bond motifs is 1. The van der Waals surface area contributed by atoms with Crippen molar-refractivity contribution in [1.29, 1.82) is 0 Å². The molecular weight excluding hydrogens is 269 g/mol. The number of hydrogen-bond acceptors (Lipinski definition) is 3. The van der Waals surface area contributed by atoms with Gasteiger partial charge in [-0.25, -0.2) is 4.39 Å². The summed E-state index contributed by atoms with van der Waals surface area (Å²) in [6, 6.07) is 5.39. The summed E-state index contributed by atoms with van der Waals surface area (Å²) in [6.07, 6.45) is 5.75. The molecule has 3 nitrogen and oxygen atoms in total. The van der Waals surface area contributed by atoms with Crippen LogP contribution in [-0.2, 0) is 11.2 Å². The van der Waals surface area contributed by atoms with Crippen molar-refractivity contribution in [3.8, 4) is 5.75 Å². The summed E-state index contributed by atoms with van der Waals surface area (Å²) in [4.78, 5) is 0. The molecule has 1 atom stereocenters. The highest BCUT2D eigenvalue weighted by Crippen LogP contribution is 2.30. The van der Waals surface area contributed by atoms with Gasteiger partial charge in [0.1, 0.15) is 17.7 Å². The van der Waals surface area contributed by atoms with Gasteiger partial charge in [0.15, 0.2) is 0 Å². The summed E-state index contributed by atoms with van der Waals surface area (Å²) in [7, 11) is 0. The van der Waals surface area contributed by atoms with Crippen LogP contribution < -0.4 is 10.1 Å². The van der Waals surface area contributed by atoms with Gasteiger partial charge in [0.2, 0.25) is 0 Å². The van der Waals surface area contributed by atoms with Crippen LogP contribution in [0.5, 0.6) is 5.75 Å². The van der Waals surface area contributed by atoms with Gasteiger partial charge in [-0.05, 0) is 50.4 Å². The number of ether oxygens (including phenoxy) is 2. The highest BCUT2D eigenvalue weighted by molar-refractivity contribution is 5.37. The zero-order chi connectivity index (χ0) is 14.7. The Morgan fingerprint density at radius 2 is 2.10 bits per heavy atom. The van der Waals surface area contributed by atoms with Crippen LogP contribution in [0.2, 0.25) is 0 Å². The van der Waals surface area contributed by atoms with Crippen LogP contribution >= 0.6 is 0 Å². The van der Waals surface area contributed by atoms with Crippen molar-refractivity contribution in [1.82, 2.24) is 5.32 Å². The molecule has 0 spiro atoms. The fourth-order valence-electron chi connectivity index (χ4n) is 3.35. The zero-order valence-electron chi connectivity index (χ0n) is 12.6. The number of halogens is 1. The largest absolute Gasteiger partial charge is 0.487 e. The van der Waals surface area contributed by atoms with Gasteiger partial charge in [0, 0.05) is 18.0 Å². The quantitative estimate of drug-likeness (QED) is 0.905. The Morgan fingerprint density at radius 3 is 2.86 bits per heavy atom. The predicted molar refractivity (Wildman–Crippen MR) is 80.2 cm³/mol. The fraction of sp³-hybridized carbons (Fsp3) is 0.647. The molecule has 1 aliphatic carbocycles. The molecule has 1 aliphatic heterocycles. The lowest BCUT2D eigenvalue weighted by molar-refractivity contribution is -0.0138. The van der Waals surface area contributed by atoms with E-state index < -0.39 is 0 Å². The van der Waals surface area contributed by atoms with E-state index in [1.165, 1.54) is 18.9 Å². The maximum absolute atomic E-state index is 13.2. The van der Waals surface area contributed by atoms with Gasteiger partial charge in [-0.2, -0.15) is 0 Å². The molecule has 1 heterocycles. The Bertz CT molecular complexity index is 472. The van der Waals surface area contributed by atoms with Crippen molar-refractivity contribution >= 4 is 0 Å². The lowest BCUT2D eigenvalue weighted by Gasteiger charge is -2.29. The molecule has 3 rings (SSSR count). The molecular formula is C17H24FNO2. The van der Waals surface area contributed by atoms with Gasteiger partial charge >= 0.3 is 0 Å². The van der Waals surface area contributed by atoms with E-state index in [2.05, 4.69) is 12.2 Å². The van der Waals surface area contributed by atoms with E-state index in [1.807, 2.05) is 0 Å². The van der Waals surface area contributed by atoms with Gasteiger partial charge in [-0.15, -0.1) is 0 Å². The van der Waals surface area contributed by atoms with Gasteiger partial charge < -0.3 is 14.8 Å². The maximum atomic E-state index is 13.2. The molecule has 0 saturated heterocycles. The Hall–Kier alpha value is -1.13. The van der Waals surface area contributed by atoms with Crippen LogP contribution in [0.4, 0.5) is 4.39 Å². The minimum atomic E-state index is -0.194. The Kier molecular flexibility index (Phi) is 4.76. The van der Waals surface area contributed by atoms with Crippen molar-refractivity contribution in [3.05, 3.63) is 29.6 Å². The predicted octanol–water partition coefficient (Wildman–Crippen LogP) is 3.07. The first-order chi connectivity index (χ1) is 10.2. The maximum Gasteiger partial charge on any atom is 0.126 e. The number of nitrogens with one attached hydrogen (secondary N) is 1. The Balaban J connectivity index is 1.41. The highest BCUT2D eigenvalue weighted by atomic mass is 19.1. The average Bonchev–Trinajstić information content (AvgIpc) is 2.89. The summed E-state index contributed by atoms with van der Waals surface area (Å²) in [6.45, 7) is 3.80. The summed E-state index contributed by atoms with van der Waals surface area (Å²) in [5.74, 6) is 0.613. The Labute approximate surface area is 125 Å². The van der Waals surface area contributed by atoms with Crippen molar-refractivity contribution < 1.29 is 13.9 Å². The average molecular weight is 293 g/mol. The van der Waals surface area contributed by atoms with Gasteiger partial charge in [-0.1, -0.05) is 6.92 Å². The Morgan fingerprint density at radius 1 is 1.29 bits per heavy atom. The number of rotatable bonds is 5. The molecule has 1 saturated carbocycles. The van der Waals surface area contributed by atoms with Crippen molar-refractivity contribution in [2.24, 2.45) is 0 Å². The molecule has 116 valence electrons. The highest BCUT2D eigenvalue weighted by Gasteiger charge is 2.26. The molecule has 0 aromatic heterocycles. The topological polar surface area (TPSA) is 30.5 Å². The van der Waals surface area contributed by atoms with Crippen molar-refractivity contribution in [2.45, 2.75) is 57.3 Å². The van der Waals surface area contributed by atoms with Gasteiger partial charge in [0.25, 0.3) is 0 Å². The molecule has 1 aromatic carbocycles. The number of benzene rings is 1. The molecule has 2 aliphatic rings. The summed E-state index contributed by atoms with van der Waals surface area (Å²) in [5.41, 5.74) is 0.958. The molecule has 1 aromatic rings. The molecule has 4 heteroatoms. The monoisotopic (exact) mass is 293 g/mol. The van der Waals surface area contributed by atoms with Gasteiger partial charge in [-0.3, -0.25) is 0 Å². The van der Waals surface area contributed by atoms with Crippen LogP contribution in [0.15, 0.2) is 18.2 Å². The van der Waals surface area contributed by atoms with Crippen LogP contribution in [0, 0.1) is 5.82 Å². The normalized spacial score (nSPS) is 28.2. The minimum absolute atomic E-state index is 0.0355. The first-order valence-electron chi connectivity index (χ1n) is 8.04. The molecule has 0 radical (unpaired) electrons. The van der Waals surface area contributed by atoms with Crippen molar-refractivity contribution in [2.75, 3.05) is 13.2 Å². The molecule has 1 fully saturated rings. The molecule has 0 amide bonds. The minimum Gasteiger partial charge on any atom is -0.487 e. The van der Waals surface area contributed by atoms with E-state index in [-0.39, 0.29) is 11.9 Å². The third-order valence-corrected chi connectivity index (χ3v) is 4.45. The molecule has 21 heavy (non-hydrogen) atoms. The lowest BCUT2D eigenvalue weighted by atomic mass is 9.93. The summed E-state index contributed by atoms with van der Waals surface area (Å²) >= 11 is 0.